The van der Waals surface area contributed by atoms with Crippen LogP contribution in [-0.4, -0.2) is 62.8 Å². The van der Waals surface area contributed by atoms with Crippen molar-refractivity contribution in [2.75, 3.05) is 33.9 Å². The van der Waals surface area contributed by atoms with Crippen LogP contribution in [0.4, 0.5) is 0 Å². The molecule has 0 spiro atoms. The summed E-state index contributed by atoms with van der Waals surface area (Å²) in [7, 11) is 3.74. The molecule has 1 unspecified atom stereocenters. The predicted molar refractivity (Wildman–Crippen MR) is 70.5 cm³/mol. The fourth-order valence-corrected chi connectivity index (χ4v) is 3.14. The van der Waals surface area contributed by atoms with E-state index in [2.05, 4.69) is 15.5 Å². The lowest BCUT2D eigenvalue weighted by Gasteiger charge is -2.42. The number of morpholine rings is 1. The van der Waals surface area contributed by atoms with Crippen molar-refractivity contribution in [2.45, 2.75) is 43.8 Å². The van der Waals surface area contributed by atoms with Gasteiger partial charge in [-0.3, -0.25) is 9.69 Å². The first kappa shape index (κ1) is 13.8. The predicted octanol–water partition coefficient (Wildman–Crippen LogP) is -0.0362. The van der Waals surface area contributed by atoms with Gasteiger partial charge in [-0.15, -0.1) is 0 Å². The topological polar surface area (TPSA) is 53.6 Å². The van der Waals surface area contributed by atoms with Gasteiger partial charge in [-0.1, -0.05) is 0 Å². The summed E-state index contributed by atoms with van der Waals surface area (Å²) >= 11 is 0. The van der Waals surface area contributed by atoms with Gasteiger partial charge in [-0.05, 0) is 32.7 Å². The number of carbonyl (C=O) groups is 1. The van der Waals surface area contributed by atoms with E-state index in [-0.39, 0.29) is 11.9 Å². The molecule has 5 heteroatoms. The molecule has 0 aromatic rings. The van der Waals surface area contributed by atoms with Crippen molar-refractivity contribution in [3.8, 4) is 0 Å². The van der Waals surface area contributed by atoms with Crippen LogP contribution in [0, 0.1) is 0 Å². The van der Waals surface area contributed by atoms with Crippen LogP contribution < -0.4 is 10.6 Å². The third kappa shape index (κ3) is 3.02. The average Bonchev–Trinajstić information content (AvgIpc) is 2.46. The summed E-state index contributed by atoms with van der Waals surface area (Å²) in [5.41, 5.74) is 0. The second-order valence-electron chi connectivity index (χ2n) is 5.24. The van der Waals surface area contributed by atoms with Gasteiger partial charge in [0.05, 0.1) is 13.2 Å². The molecule has 0 bridgehead atoms. The Hall–Kier alpha value is -0.650. The second-order valence-corrected chi connectivity index (χ2v) is 5.24. The maximum absolute atomic E-state index is 11.9. The summed E-state index contributed by atoms with van der Waals surface area (Å²) in [6.45, 7) is 2.16. The molecule has 0 radical (unpaired) electrons. The van der Waals surface area contributed by atoms with E-state index in [4.69, 9.17) is 4.74 Å². The van der Waals surface area contributed by atoms with Crippen molar-refractivity contribution < 1.29 is 9.53 Å². The van der Waals surface area contributed by atoms with Gasteiger partial charge in [0.2, 0.25) is 5.91 Å². The number of nitrogens with one attached hydrogen (secondary N) is 2. The van der Waals surface area contributed by atoms with Gasteiger partial charge >= 0.3 is 0 Å². The maximum Gasteiger partial charge on any atom is 0.239 e. The maximum atomic E-state index is 11.9. The highest BCUT2D eigenvalue weighted by atomic mass is 16.5. The number of hydrogen-bond acceptors (Lipinski definition) is 4. The Bertz CT molecular complexity index is 277. The second kappa shape index (κ2) is 6.50. The smallest absolute Gasteiger partial charge is 0.239 e. The molecule has 18 heavy (non-hydrogen) atoms. The van der Waals surface area contributed by atoms with E-state index in [0.29, 0.717) is 18.7 Å². The Kier molecular flexibility index (Phi) is 4.97. The fraction of sp³-hybridized carbons (Fsp3) is 0.923. The van der Waals surface area contributed by atoms with Gasteiger partial charge in [0.25, 0.3) is 0 Å². The van der Waals surface area contributed by atoms with Gasteiger partial charge in [-0.2, -0.15) is 0 Å². The van der Waals surface area contributed by atoms with Crippen LogP contribution in [0.2, 0.25) is 0 Å². The summed E-state index contributed by atoms with van der Waals surface area (Å²) < 4.78 is 5.45. The molecule has 0 aromatic carbocycles. The zero-order valence-corrected chi connectivity index (χ0v) is 11.4. The van der Waals surface area contributed by atoms with Crippen molar-refractivity contribution in [3.05, 3.63) is 0 Å². The summed E-state index contributed by atoms with van der Waals surface area (Å²) in [6.07, 6.45) is 4.77. The molecule has 1 saturated heterocycles. The first-order chi connectivity index (χ1) is 8.76. The Morgan fingerprint density at radius 3 is 2.56 bits per heavy atom. The lowest BCUT2D eigenvalue weighted by Crippen LogP contribution is -2.57. The standard InChI is InChI=1S/C13H25N3O2/c1-14-10-3-5-11(6-4-10)16-7-8-18-9-12(16)13(17)15-2/h10-12,14H,3-9H2,1-2H3,(H,15,17). The molecule has 0 aromatic heterocycles. The summed E-state index contributed by atoms with van der Waals surface area (Å²) in [5.74, 6) is 0.0884. The molecule has 1 amide bonds. The molecule has 1 atom stereocenters. The summed E-state index contributed by atoms with van der Waals surface area (Å²) in [6, 6.07) is 1.10. The highest BCUT2D eigenvalue weighted by Crippen LogP contribution is 2.25. The third-order valence-electron chi connectivity index (χ3n) is 4.29. The number of likely N-dealkylation sites (N-methyl/N-ethyl adjacent to an activating group) is 1. The van der Waals surface area contributed by atoms with Crippen LogP contribution in [0.1, 0.15) is 25.7 Å². The number of carbonyl (C=O) groups excluding carboxylic acids is 1. The fourth-order valence-electron chi connectivity index (χ4n) is 3.14. The van der Waals surface area contributed by atoms with Crippen molar-refractivity contribution >= 4 is 5.91 Å². The molecule has 1 aliphatic carbocycles. The van der Waals surface area contributed by atoms with Crippen molar-refractivity contribution in [2.24, 2.45) is 0 Å². The lowest BCUT2D eigenvalue weighted by molar-refractivity contribution is -0.134. The number of hydrogen-bond donors (Lipinski definition) is 2. The van der Waals surface area contributed by atoms with Crippen molar-refractivity contribution in [3.63, 3.8) is 0 Å². The van der Waals surface area contributed by atoms with Crippen LogP contribution in [0.15, 0.2) is 0 Å². The third-order valence-corrected chi connectivity index (χ3v) is 4.29. The van der Waals surface area contributed by atoms with Gasteiger partial charge in [0, 0.05) is 25.7 Å². The Balaban J connectivity index is 1.95. The number of nitrogens with zero attached hydrogens (tertiary/aromatic N) is 1. The zero-order chi connectivity index (χ0) is 13.0. The Morgan fingerprint density at radius 1 is 1.22 bits per heavy atom. The van der Waals surface area contributed by atoms with Crippen LogP contribution in [0.5, 0.6) is 0 Å². The Labute approximate surface area is 109 Å². The molecule has 1 aliphatic heterocycles. The molecule has 1 heterocycles. The minimum Gasteiger partial charge on any atom is -0.378 e. The minimum absolute atomic E-state index is 0.0884. The molecule has 5 nitrogen and oxygen atoms in total. The first-order valence-corrected chi connectivity index (χ1v) is 6.98. The first-order valence-electron chi connectivity index (χ1n) is 6.98. The van der Waals surface area contributed by atoms with E-state index in [1.165, 1.54) is 25.7 Å². The normalized spacial score (nSPS) is 34.2. The average molecular weight is 255 g/mol. The molecular formula is C13H25N3O2. The van der Waals surface area contributed by atoms with Gasteiger partial charge in [0.15, 0.2) is 0 Å². The summed E-state index contributed by atoms with van der Waals surface area (Å²) in [5, 5.41) is 6.10. The van der Waals surface area contributed by atoms with Gasteiger partial charge in [0.1, 0.15) is 6.04 Å². The van der Waals surface area contributed by atoms with Crippen molar-refractivity contribution in [1.82, 2.24) is 15.5 Å². The summed E-state index contributed by atoms with van der Waals surface area (Å²) in [4.78, 5) is 14.3. The molecule has 2 fully saturated rings. The van der Waals surface area contributed by atoms with E-state index < -0.39 is 0 Å². The quantitative estimate of drug-likeness (QED) is 0.743. The van der Waals surface area contributed by atoms with Crippen molar-refractivity contribution in [1.29, 1.82) is 0 Å². The zero-order valence-electron chi connectivity index (χ0n) is 11.4. The monoisotopic (exact) mass is 255 g/mol. The molecule has 104 valence electrons. The number of amides is 1. The van der Waals surface area contributed by atoms with E-state index in [0.717, 1.165) is 13.2 Å². The highest BCUT2D eigenvalue weighted by Gasteiger charge is 2.35. The van der Waals surface area contributed by atoms with E-state index >= 15 is 0 Å². The van der Waals surface area contributed by atoms with E-state index in [1.807, 2.05) is 7.05 Å². The Morgan fingerprint density at radius 2 is 1.94 bits per heavy atom. The van der Waals surface area contributed by atoms with Crippen LogP contribution >= 0.6 is 0 Å². The largest absolute Gasteiger partial charge is 0.378 e. The van der Waals surface area contributed by atoms with E-state index in [1.54, 1.807) is 7.05 Å². The SMILES string of the molecule is CNC(=O)C1COCCN1C1CCC(NC)CC1. The van der Waals surface area contributed by atoms with Crippen LogP contribution in [-0.2, 0) is 9.53 Å². The molecule has 2 aliphatic rings. The lowest BCUT2D eigenvalue weighted by atomic mass is 9.89. The van der Waals surface area contributed by atoms with Crippen LogP contribution in [0.3, 0.4) is 0 Å². The van der Waals surface area contributed by atoms with E-state index in [9.17, 15) is 4.79 Å². The number of ether oxygens (including phenoxy) is 1. The van der Waals surface area contributed by atoms with Crippen LogP contribution in [0.25, 0.3) is 0 Å². The molecule has 2 rings (SSSR count). The highest BCUT2D eigenvalue weighted by molar-refractivity contribution is 5.81. The van der Waals surface area contributed by atoms with Gasteiger partial charge < -0.3 is 15.4 Å². The molecule has 1 saturated carbocycles. The van der Waals surface area contributed by atoms with Gasteiger partial charge in [-0.25, -0.2) is 0 Å². The molecule has 2 N–H and O–H groups in total. The molecular weight excluding hydrogens is 230 g/mol. The minimum atomic E-state index is -0.0973. The number of rotatable bonds is 3.